The molecule has 1 atom stereocenters. The highest BCUT2D eigenvalue weighted by Crippen LogP contribution is 2.24. The van der Waals surface area contributed by atoms with Crippen molar-refractivity contribution in [2.75, 3.05) is 13.1 Å². The van der Waals surface area contributed by atoms with Gasteiger partial charge in [0.1, 0.15) is 12.4 Å². The Morgan fingerprint density at radius 1 is 1.21 bits per heavy atom. The molecular weight excluding hydrogens is 395 g/mol. The van der Waals surface area contributed by atoms with E-state index in [0.717, 1.165) is 41.9 Å². The van der Waals surface area contributed by atoms with E-state index in [0.29, 0.717) is 17.6 Å². The van der Waals surface area contributed by atoms with Crippen LogP contribution >= 0.6 is 12.4 Å². The average molecular weight is 417 g/mol. The van der Waals surface area contributed by atoms with Gasteiger partial charge in [0.15, 0.2) is 0 Å². The molecule has 0 spiro atoms. The van der Waals surface area contributed by atoms with Gasteiger partial charge in [-0.15, -0.1) is 12.4 Å². The first-order valence-electron chi connectivity index (χ1n) is 9.25. The smallest absolute Gasteiger partial charge is 0.231 e. The largest absolute Gasteiger partial charge is 0.391 e. The third-order valence-corrected chi connectivity index (χ3v) is 4.76. The third-order valence-electron chi connectivity index (χ3n) is 4.76. The predicted molar refractivity (Wildman–Crippen MR) is 111 cm³/mol. The summed E-state index contributed by atoms with van der Waals surface area (Å²) in [6, 6.07) is 13.9. The summed E-state index contributed by atoms with van der Waals surface area (Å²) in [5.41, 5.74) is 3.44. The van der Waals surface area contributed by atoms with Gasteiger partial charge in [0.05, 0.1) is 11.6 Å². The topological polar surface area (TPSA) is 72.5 Å². The minimum Gasteiger partial charge on any atom is -0.391 e. The maximum Gasteiger partial charge on any atom is 0.231 e. The van der Waals surface area contributed by atoms with Crippen LogP contribution < -0.4 is 5.32 Å². The zero-order valence-corrected chi connectivity index (χ0v) is 16.8. The zero-order chi connectivity index (χ0) is 19.3. The van der Waals surface area contributed by atoms with E-state index in [1.807, 2.05) is 31.2 Å². The van der Waals surface area contributed by atoms with Crippen LogP contribution in [-0.4, -0.2) is 28.9 Å². The van der Waals surface area contributed by atoms with Crippen LogP contribution in [0.1, 0.15) is 36.3 Å². The van der Waals surface area contributed by atoms with E-state index in [1.54, 1.807) is 12.1 Å². The first-order valence-corrected chi connectivity index (χ1v) is 9.25. The summed E-state index contributed by atoms with van der Waals surface area (Å²) in [5, 5.41) is 11.5. The van der Waals surface area contributed by atoms with Crippen molar-refractivity contribution in [2.45, 2.75) is 25.9 Å². The van der Waals surface area contributed by atoms with E-state index in [-0.39, 0.29) is 24.8 Å². The van der Waals surface area contributed by atoms with Crippen molar-refractivity contribution in [3.8, 4) is 11.4 Å². The Balaban J connectivity index is 0.00000240. The molecule has 6 nitrogen and oxygen atoms in total. The number of hydrogen-bond acceptors (Lipinski definition) is 6. The second-order valence-corrected chi connectivity index (χ2v) is 6.80. The highest BCUT2D eigenvalue weighted by Gasteiger charge is 2.23. The van der Waals surface area contributed by atoms with Gasteiger partial charge in [-0.3, -0.25) is 0 Å². The van der Waals surface area contributed by atoms with Crippen molar-refractivity contribution >= 4 is 18.1 Å². The lowest BCUT2D eigenvalue weighted by Crippen LogP contribution is -2.08. The number of hydrogen-bond donors (Lipinski definition) is 1. The minimum absolute atomic E-state index is 0. The lowest BCUT2D eigenvalue weighted by Gasteiger charge is -2.04. The van der Waals surface area contributed by atoms with Crippen LogP contribution in [0.2, 0.25) is 0 Å². The van der Waals surface area contributed by atoms with Crippen LogP contribution in [0, 0.1) is 5.82 Å². The fourth-order valence-corrected chi connectivity index (χ4v) is 3.08. The van der Waals surface area contributed by atoms with E-state index in [9.17, 15) is 4.39 Å². The van der Waals surface area contributed by atoms with Crippen LogP contribution in [-0.2, 0) is 11.4 Å². The number of aromatic nitrogens is 2. The molecular formula is C21H22ClFN4O2. The molecule has 3 aromatic rings. The summed E-state index contributed by atoms with van der Waals surface area (Å²) in [5.74, 6) is 1.32. The fourth-order valence-electron chi connectivity index (χ4n) is 3.08. The van der Waals surface area contributed by atoms with Gasteiger partial charge in [0, 0.05) is 12.1 Å². The Labute approximate surface area is 174 Å². The highest BCUT2D eigenvalue weighted by atomic mass is 35.5. The van der Waals surface area contributed by atoms with Crippen molar-refractivity contribution in [1.29, 1.82) is 0 Å². The second-order valence-electron chi connectivity index (χ2n) is 6.80. The van der Waals surface area contributed by atoms with Gasteiger partial charge < -0.3 is 14.7 Å². The van der Waals surface area contributed by atoms with E-state index >= 15 is 0 Å². The molecule has 2 heterocycles. The van der Waals surface area contributed by atoms with Gasteiger partial charge >= 0.3 is 0 Å². The standard InChI is InChI=1S/C21H21FN4O2.ClH/c1-14(25-27-13-15-2-8-19(22)9-3-15)16-4-6-17(7-5-16)20-24-21(28-26-20)18-10-11-23-12-18;/h2-9,18,23H,10-13H2,1H3;1H. The summed E-state index contributed by atoms with van der Waals surface area (Å²) in [7, 11) is 0. The molecule has 1 N–H and O–H groups in total. The number of oxime groups is 1. The molecule has 29 heavy (non-hydrogen) atoms. The number of nitrogens with zero attached hydrogens (tertiary/aromatic N) is 3. The molecule has 4 rings (SSSR count). The van der Waals surface area contributed by atoms with Gasteiger partial charge in [0.2, 0.25) is 11.7 Å². The van der Waals surface area contributed by atoms with E-state index in [4.69, 9.17) is 9.36 Å². The Hall–Kier alpha value is -2.77. The van der Waals surface area contributed by atoms with Crippen LogP contribution in [0.25, 0.3) is 11.4 Å². The quantitative estimate of drug-likeness (QED) is 0.478. The van der Waals surface area contributed by atoms with Gasteiger partial charge in [-0.05, 0) is 43.1 Å². The fraction of sp³-hybridized carbons (Fsp3) is 0.286. The first-order chi connectivity index (χ1) is 13.7. The summed E-state index contributed by atoms with van der Waals surface area (Å²) < 4.78 is 18.3. The molecule has 1 unspecified atom stereocenters. The highest BCUT2D eigenvalue weighted by molar-refractivity contribution is 5.98. The van der Waals surface area contributed by atoms with Gasteiger partial charge in [-0.2, -0.15) is 4.98 Å². The molecule has 1 aliphatic rings. The minimum atomic E-state index is -0.267. The van der Waals surface area contributed by atoms with Crippen molar-refractivity contribution in [3.63, 3.8) is 0 Å². The van der Waals surface area contributed by atoms with Crippen molar-refractivity contribution < 1.29 is 13.8 Å². The summed E-state index contributed by atoms with van der Waals surface area (Å²) in [6.45, 7) is 4.03. The maximum atomic E-state index is 12.9. The van der Waals surface area contributed by atoms with E-state index < -0.39 is 0 Å². The van der Waals surface area contributed by atoms with Crippen molar-refractivity contribution in [1.82, 2.24) is 15.5 Å². The Bertz CT molecular complexity index is 952. The summed E-state index contributed by atoms with van der Waals surface area (Å²) in [6.07, 6.45) is 1.02. The molecule has 0 saturated carbocycles. The second kappa shape index (κ2) is 9.62. The molecule has 1 fully saturated rings. The third kappa shape index (κ3) is 5.19. The average Bonchev–Trinajstić information content (AvgIpc) is 3.41. The number of benzene rings is 2. The molecule has 1 aromatic heterocycles. The molecule has 1 saturated heterocycles. The van der Waals surface area contributed by atoms with Crippen LogP contribution in [0.3, 0.4) is 0 Å². The van der Waals surface area contributed by atoms with Crippen LogP contribution in [0.15, 0.2) is 58.2 Å². The molecule has 0 radical (unpaired) electrons. The lowest BCUT2D eigenvalue weighted by atomic mass is 10.1. The summed E-state index contributed by atoms with van der Waals surface area (Å²) >= 11 is 0. The number of halogens is 2. The summed E-state index contributed by atoms with van der Waals surface area (Å²) in [4.78, 5) is 9.90. The van der Waals surface area contributed by atoms with E-state index in [2.05, 4.69) is 20.6 Å². The van der Waals surface area contributed by atoms with Gasteiger partial charge in [0.25, 0.3) is 0 Å². The zero-order valence-electron chi connectivity index (χ0n) is 16.0. The Kier molecular flexibility index (Phi) is 6.95. The predicted octanol–water partition coefficient (Wildman–Crippen LogP) is 4.32. The van der Waals surface area contributed by atoms with Gasteiger partial charge in [-0.25, -0.2) is 4.39 Å². The SMILES string of the molecule is CC(=NOCc1ccc(F)cc1)c1ccc(-c2noc(C3CCNC3)n2)cc1.Cl. The molecule has 152 valence electrons. The molecule has 8 heteroatoms. The lowest BCUT2D eigenvalue weighted by molar-refractivity contribution is 0.130. The van der Waals surface area contributed by atoms with Crippen LogP contribution in [0.5, 0.6) is 0 Å². The molecule has 0 bridgehead atoms. The Morgan fingerprint density at radius 2 is 1.97 bits per heavy atom. The maximum absolute atomic E-state index is 12.9. The first kappa shape index (κ1) is 21.0. The van der Waals surface area contributed by atoms with E-state index in [1.165, 1.54) is 12.1 Å². The van der Waals surface area contributed by atoms with Crippen molar-refractivity contribution in [2.24, 2.45) is 5.16 Å². The van der Waals surface area contributed by atoms with Gasteiger partial charge in [-0.1, -0.05) is 46.7 Å². The molecule has 0 amide bonds. The normalized spacial score (nSPS) is 16.5. The monoisotopic (exact) mass is 416 g/mol. The number of nitrogens with one attached hydrogen (secondary N) is 1. The molecule has 0 aliphatic carbocycles. The Morgan fingerprint density at radius 3 is 2.66 bits per heavy atom. The van der Waals surface area contributed by atoms with Crippen molar-refractivity contribution in [3.05, 3.63) is 71.4 Å². The molecule has 1 aliphatic heterocycles. The molecule has 2 aromatic carbocycles. The number of rotatable bonds is 6. The van der Waals surface area contributed by atoms with Crippen LogP contribution in [0.4, 0.5) is 4.39 Å².